The van der Waals surface area contributed by atoms with E-state index in [0.29, 0.717) is 19.3 Å². The first-order valence-electron chi connectivity index (χ1n) is 28.6. The quantitative estimate of drug-likeness (QED) is 0.0262. The predicted octanol–water partition coefficient (Wildman–Crippen LogP) is 19.0. The lowest BCUT2D eigenvalue weighted by atomic mass is 10.0. The first-order valence-corrected chi connectivity index (χ1v) is 28.6. The average molecular weight is 926 g/mol. The molecule has 0 spiro atoms. The maximum atomic E-state index is 12.9. The molecular weight excluding hydrogens is 817 g/mol. The molecule has 0 aliphatic heterocycles. The maximum absolute atomic E-state index is 12.9. The number of unbranched alkanes of at least 4 members (excludes halogenated alkanes) is 33. The van der Waals surface area contributed by atoms with E-state index in [-0.39, 0.29) is 31.1 Å². The van der Waals surface area contributed by atoms with Gasteiger partial charge in [-0.2, -0.15) is 0 Å². The van der Waals surface area contributed by atoms with E-state index in [1.165, 1.54) is 161 Å². The minimum absolute atomic E-state index is 0.0768. The smallest absolute Gasteiger partial charge is 0.306 e. The molecule has 0 radical (unpaired) electrons. The molecule has 0 aromatic carbocycles. The fraction of sp³-hybridized carbons (Fsp3) is 0.817. The van der Waals surface area contributed by atoms with Crippen LogP contribution in [-0.2, 0) is 28.6 Å². The molecule has 0 aliphatic rings. The van der Waals surface area contributed by atoms with Gasteiger partial charge in [0.2, 0.25) is 0 Å². The monoisotopic (exact) mass is 925 g/mol. The van der Waals surface area contributed by atoms with Crippen LogP contribution in [0.4, 0.5) is 0 Å². The average Bonchev–Trinajstić information content (AvgIpc) is 3.31. The van der Waals surface area contributed by atoms with Crippen molar-refractivity contribution in [3.63, 3.8) is 0 Å². The van der Waals surface area contributed by atoms with Crippen LogP contribution < -0.4 is 0 Å². The summed E-state index contributed by atoms with van der Waals surface area (Å²) >= 11 is 0. The molecule has 0 saturated carbocycles. The zero-order valence-electron chi connectivity index (χ0n) is 44.0. The van der Waals surface area contributed by atoms with Crippen molar-refractivity contribution in [2.45, 2.75) is 303 Å². The molecule has 0 rings (SSSR count). The van der Waals surface area contributed by atoms with Crippen molar-refractivity contribution < 1.29 is 28.6 Å². The number of hydrogen-bond acceptors (Lipinski definition) is 6. The first kappa shape index (κ1) is 63.4. The molecule has 0 aliphatic carbocycles. The van der Waals surface area contributed by atoms with Gasteiger partial charge in [0.25, 0.3) is 0 Å². The van der Waals surface area contributed by atoms with Crippen molar-refractivity contribution in [3.8, 4) is 0 Å². The van der Waals surface area contributed by atoms with Gasteiger partial charge < -0.3 is 14.2 Å². The fourth-order valence-corrected chi connectivity index (χ4v) is 8.32. The van der Waals surface area contributed by atoms with Crippen LogP contribution in [0, 0.1) is 0 Å². The summed E-state index contributed by atoms with van der Waals surface area (Å²) in [5.74, 6) is -0.886. The summed E-state index contributed by atoms with van der Waals surface area (Å²) in [6.45, 7) is 6.54. The number of esters is 3. The summed E-state index contributed by atoms with van der Waals surface area (Å²) < 4.78 is 16.8. The zero-order chi connectivity index (χ0) is 47.9. The van der Waals surface area contributed by atoms with Gasteiger partial charge in [0, 0.05) is 19.3 Å². The number of carbonyl (C=O) groups is 3. The highest BCUT2D eigenvalue weighted by molar-refractivity contribution is 5.71. The highest BCUT2D eigenvalue weighted by Crippen LogP contribution is 2.17. The third-order valence-corrected chi connectivity index (χ3v) is 12.6. The Morgan fingerprint density at radius 3 is 0.924 bits per heavy atom. The van der Waals surface area contributed by atoms with E-state index < -0.39 is 6.10 Å². The topological polar surface area (TPSA) is 78.9 Å². The Labute approximate surface area is 409 Å². The van der Waals surface area contributed by atoms with E-state index in [4.69, 9.17) is 14.2 Å². The minimum atomic E-state index is -0.779. The van der Waals surface area contributed by atoms with E-state index >= 15 is 0 Å². The van der Waals surface area contributed by atoms with Crippen LogP contribution in [0.15, 0.2) is 48.6 Å². The van der Waals surface area contributed by atoms with Crippen LogP contribution in [0.25, 0.3) is 0 Å². The fourth-order valence-electron chi connectivity index (χ4n) is 8.32. The largest absolute Gasteiger partial charge is 0.462 e. The molecule has 384 valence electrons. The molecular formula is C60H108O6. The minimum Gasteiger partial charge on any atom is -0.462 e. The van der Waals surface area contributed by atoms with Gasteiger partial charge in [0.05, 0.1) is 0 Å². The lowest BCUT2D eigenvalue weighted by Gasteiger charge is -2.18. The summed E-state index contributed by atoms with van der Waals surface area (Å²) in [5.41, 5.74) is 0. The number of carbonyl (C=O) groups excluding carboxylic acids is 3. The lowest BCUT2D eigenvalue weighted by molar-refractivity contribution is -0.167. The third-order valence-electron chi connectivity index (χ3n) is 12.6. The second-order valence-electron chi connectivity index (χ2n) is 19.2. The summed E-state index contributed by atoms with van der Waals surface area (Å²) in [4.78, 5) is 38.1. The van der Waals surface area contributed by atoms with Crippen LogP contribution in [0.5, 0.6) is 0 Å². The van der Waals surface area contributed by atoms with Crippen molar-refractivity contribution in [2.24, 2.45) is 0 Å². The van der Waals surface area contributed by atoms with Gasteiger partial charge in [0.1, 0.15) is 13.2 Å². The maximum Gasteiger partial charge on any atom is 0.306 e. The number of ether oxygens (including phenoxy) is 3. The van der Waals surface area contributed by atoms with Crippen LogP contribution in [0.2, 0.25) is 0 Å². The molecule has 1 atom stereocenters. The zero-order valence-corrected chi connectivity index (χ0v) is 44.0. The van der Waals surface area contributed by atoms with Crippen molar-refractivity contribution in [3.05, 3.63) is 48.6 Å². The molecule has 0 fully saturated rings. The summed E-state index contributed by atoms with van der Waals surface area (Å²) in [6, 6.07) is 0. The number of hydrogen-bond donors (Lipinski definition) is 0. The Morgan fingerprint density at radius 1 is 0.318 bits per heavy atom. The highest BCUT2D eigenvalue weighted by atomic mass is 16.6. The second-order valence-corrected chi connectivity index (χ2v) is 19.2. The van der Waals surface area contributed by atoms with Crippen LogP contribution in [0.3, 0.4) is 0 Å². The first-order chi connectivity index (χ1) is 32.5. The van der Waals surface area contributed by atoms with E-state index in [9.17, 15) is 14.4 Å². The van der Waals surface area contributed by atoms with Gasteiger partial charge in [-0.25, -0.2) is 0 Å². The normalized spacial score (nSPS) is 12.3. The molecule has 0 unspecified atom stereocenters. The Hall–Kier alpha value is -2.63. The van der Waals surface area contributed by atoms with Crippen LogP contribution >= 0.6 is 0 Å². The van der Waals surface area contributed by atoms with Gasteiger partial charge in [-0.15, -0.1) is 0 Å². The standard InChI is InChI=1S/C60H108O6/c1-4-7-10-13-16-19-22-25-27-29-30-32-34-36-39-42-45-48-51-54-60(63)66-57(55-64-58(61)52-49-46-43-40-37-24-21-18-15-12-9-6-3)56-65-59(62)53-50-47-44-41-38-35-33-31-28-26-23-20-17-14-11-8-5-2/h8,11,17,20,26,28,33,35,57H,4-7,9-10,12-16,18-19,21-25,27,29-32,34,36-56H2,1-3H3/b11-8-,20-17-,28-26-,35-33-/t57-/m0/s1. The van der Waals surface area contributed by atoms with E-state index in [0.717, 1.165) is 96.3 Å². The number of rotatable bonds is 52. The molecule has 66 heavy (non-hydrogen) atoms. The Kier molecular flexibility index (Phi) is 52.8. The molecule has 0 amide bonds. The molecule has 0 aromatic rings. The Morgan fingerprint density at radius 2 is 0.591 bits per heavy atom. The molecule has 0 saturated heterocycles. The van der Waals surface area contributed by atoms with E-state index in [2.05, 4.69) is 69.4 Å². The molecule has 0 N–H and O–H groups in total. The van der Waals surface area contributed by atoms with Gasteiger partial charge in [-0.3, -0.25) is 14.4 Å². The Bertz CT molecular complexity index is 1150. The summed E-state index contributed by atoms with van der Waals surface area (Å²) in [5, 5.41) is 0. The van der Waals surface area contributed by atoms with Gasteiger partial charge in [-0.05, 0) is 57.8 Å². The summed E-state index contributed by atoms with van der Waals surface area (Å²) in [6.07, 6.45) is 66.7. The van der Waals surface area contributed by atoms with Crippen molar-refractivity contribution in [2.75, 3.05) is 13.2 Å². The highest BCUT2D eigenvalue weighted by Gasteiger charge is 2.19. The van der Waals surface area contributed by atoms with Gasteiger partial charge in [-0.1, -0.05) is 268 Å². The predicted molar refractivity (Wildman–Crippen MR) is 284 cm³/mol. The molecule has 0 heterocycles. The number of allylic oxidation sites excluding steroid dienone is 8. The van der Waals surface area contributed by atoms with Crippen molar-refractivity contribution in [1.82, 2.24) is 0 Å². The molecule has 6 nitrogen and oxygen atoms in total. The van der Waals surface area contributed by atoms with Crippen LogP contribution in [0.1, 0.15) is 297 Å². The summed E-state index contributed by atoms with van der Waals surface area (Å²) in [7, 11) is 0. The van der Waals surface area contributed by atoms with Gasteiger partial charge in [0.15, 0.2) is 6.10 Å². The van der Waals surface area contributed by atoms with Crippen molar-refractivity contribution in [1.29, 1.82) is 0 Å². The van der Waals surface area contributed by atoms with Crippen molar-refractivity contribution >= 4 is 17.9 Å². The Balaban J connectivity index is 4.35. The van der Waals surface area contributed by atoms with E-state index in [1.54, 1.807) is 0 Å². The van der Waals surface area contributed by atoms with Crippen LogP contribution in [-0.4, -0.2) is 37.2 Å². The SMILES string of the molecule is CC/C=C\C/C=C\C/C=C\C/C=C\CCCCCCC(=O)OC[C@H](COC(=O)CCCCCCCCCCCCCC)OC(=O)CCCCCCCCCCCCCCCCCCCCC. The molecule has 0 bridgehead atoms. The second kappa shape index (κ2) is 55.0. The third kappa shape index (κ3) is 52.3. The van der Waals surface area contributed by atoms with Gasteiger partial charge >= 0.3 is 17.9 Å². The molecule has 0 aromatic heterocycles. The van der Waals surface area contributed by atoms with E-state index in [1.807, 2.05) is 0 Å². The molecule has 6 heteroatoms. The lowest BCUT2D eigenvalue weighted by Crippen LogP contribution is -2.30.